The first-order valence-electron chi connectivity index (χ1n) is 8.24. The van der Waals surface area contributed by atoms with Crippen LogP contribution in [0.25, 0.3) is 10.8 Å². The van der Waals surface area contributed by atoms with Crippen molar-refractivity contribution in [3.63, 3.8) is 0 Å². The maximum absolute atomic E-state index is 12.5. The Morgan fingerprint density at radius 3 is 2.27 bits per heavy atom. The van der Waals surface area contributed by atoms with Gasteiger partial charge in [0, 0.05) is 5.56 Å². The maximum atomic E-state index is 12.5. The molecule has 3 aromatic carbocycles. The van der Waals surface area contributed by atoms with Crippen molar-refractivity contribution in [2.24, 2.45) is 0 Å². The number of carbonyl (C=O) groups is 1. The molecule has 2 N–H and O–H groups in total. The molecule has 3 aromatic rings. The molecule has 0 spiro atoms. The number of amides is 1. The van der Waals surface area contributed by atoms with E-state index in [1.165, 1.54) is 31.3 Å². The molecule has 0 unspecified atom stereocenters. The molecule has 0 fully saturated rings. The van der Waals surface area contributed by atoms with Crippen LogP contribution >= 0.6 is 0 Å². The number of carbonyl (C=O) groups excluding carboxylic acids is 1. The zero-order valence-electron chi connectivity index (χ0n) is 14.6. The van der Waals surface area contributed by atoms with Gasteiger partial charge in [-0.15, -0.1) is 0 Å². The van der Waals surface area contributed by atoms with Gasteiger partial charge in [0.1, 0.15) is 0 Å². The molecule has 0 saturated heterocycles. The highest BCUT2D eigenvalue weighted by Gasteiger charge is 2.15. The van der Waals surface area contributed by atoms with Crippen molar-refractivity contribution in [1.29, 1.82) is 0 Å². The summed E-state index contributed by atoms with van der Waals surface area (Å²) in [5, 5.41) is 5.19. The number of hydrogen-bond acceptors (Lipinski definition) is 3. The molecule has 1 atom stereocenters. The summed E-state index contributed by atoms with van der Waals surface area (Å²) in [7, 11) is -2.16. The molecule has 6 heteroatoms. The van der Waals surface area contributed by atoms with Gasteiger partial charge in [-0.25, -0.2) is 13.1 Å². The normalized spacial score (nSPS) is 12.7. The molecule has 26 heavy (non-hydrogen) atoms. The SMILES string of the molecule is CNS(=O)(=O)c1ccc(C(=O)N[C@@H](C)c2cccc3ccccc23)cc1. The highest BCUT2D eigenvalue weighted by Crippen LogP contribution is 2.24. The van der Waals surface area contributed by atoms with Gasteiger partial charge in [0.15, 0.2) is 0 Å². The Balaban J connectivity index is 1.81. The van der Waals surface area contributed by atoms with Crippen molar-refractivity contribution in [2.45, 2.75) is 17.9 Å². The van der Waals surface area contributed by atoms with Gasteiger partial charge >= 0.3 is 0 Å². The maximum Gasteiger partial charge on any atom is 0.251 e. The molecular weight excluding hydrogens is 348 g/mol. The molecular formula is C20H20N2O3S. The van der Waals surface area contributed by atoms with Crippen LogP contribution in [0.1, 0.15) is 28.9 Å². The second-order valence-electron chi connectivity index (χ2n) is 6.00. The summed E-state index contributed by atoms with van der Waals surface area (Å²) in [6, 6.07) is 19.7. The van der Waals surface area contributed by atoms with Gasteiger partial charge in [-0.3, -0.25) is 4.79 Å². The topological polar surface area (TPSA) is 75.3 Å². The Morgan fingerprint density at radius 2 is 1.58 bits per heavy atom. The minimum absolute atomic E-state index is 0.124. The quantitative estimate of drug-likeness (QED) is 0.726. The van der Waals surface area contributed by atoms with Gasteiger partial charge in [-0.1, -0.05) is 42.5 Å². The largest absolute Gasteiger partial charge is 0.345 e. The molecule has 0 heterocycles. The van der Waals surface area contributed by atoms with E-state index in [1.54, 1.807) is 0 Å². The molecule has 0 bridgehead atoms. The van der Waals surface area contributed by atoms with E-state index in [-0.39, 0.29) is 16.8 Å². The van der Waals surface area contributed by atoms with Gasteiger partial charge in [-0.2, -0.15) is 0 Å². The first-order chi connectivity index (χ1) is 12.4. The molecule has 0 radical (unpaired) electrons. The molecule has 3 rings (SSSR count). The molecule has 0 aromatic heterocycles. The molecule has 0 aliphatic heterocycles. The van der Waals surface area contributed by atoms with E-state index in [0.717, 1.165) is 16.3 Å². The highest BCUT2D eigenvalue weighted by atomic mass is 32.2. The average molecular weight is 368 g/mol. The number of fused-ring (bicyclic) bond motifs is 1. The summed E-state index contributed by atoms with van der Waals surface area (Å²) in [6.07, 6.45) is 0. The standard InChI is InChI=1S/C20H20N2O3S/c1-14(18-9-5-7-15-6-3-4-8-19(15)18)22-20(23)16-10-12-17(13-11-16)26(24,25)21-2/h3-14,21H,1-2H3,(H,22,23)/t14-/m0/s1. The van der Waals surface area contributed by atoms with E-state index in [9.17, 15) is 13.2 Å². The smallest absolute Gasteiger partial charge is 0.251 e. The fourth-order valence-corrected chi connectivity index (χ4v) is 3.62. The van der Waals surface area contributed by atoms with Crippen LogP contribution in [0.2, 0.25) is 0 Å². The Bertz CT molecular complexity index is 1040. The number of benzene rings is 3. The zero-order chi connectivity index (χ0) is 18.7. The van der Waals surface area contributed by atoms with E-state index in [4.69, 9.17) is 0 Å². The van der Waals surface area contributed by atoms with Crippen LogP contribution in [0.5, 0.6) is 0 Å². The van der Waals surface area contributed by atoms with E-state index in [1.807, 2.05) is 49.4 Å². The zero-order valence-corrected chi connectivity index (χ0v) is 15.4. The minimum atomic E-state index is -3.51. The lowest BCUT2D eigenvalue weighted by Gasteiger charge is -2.17. The first-order valence-corrected chi connectivity index (χ1v) is 9.73. The van der Waals surface area contributed by atoms with E-state index in [0.29, 0.717) is 5.56 Å². The lowest BCUT2D eigenvalue weighted by atomic mass is 9.99. The third-order valence-corrected chi connectivity index (χ3v) is 5.76. The summed E-state index contributed by atoms with van der Waals surface area (Å²) in [4.78, 5) is 12.6. The van der Waals surface area contributed by atoms with Crippen LogP contribution in [0.3, 0.4) is 0 Å². The lowest BCUT2D eigenvalue weighted by Crippen LogP contribution is -2.27. The molecule has 0 aliphatic rings. The highest BCUT2D eigenvalue weighted by molar-refractivity contribution is 7.89. The van der Waals surface area contributed by atoms with Crippen molar-refractivity contribution >= 4 is 26.7 Å². The first kappa shape index (κ1) is 18.1. The van der Waals surface area contributed by atoms with Crippen LogP contribution in [-0.4, -0.2) is 21.4 Å². The summed E-state index contributed by atoms with van der Waals surface area (Å²) in [5.41, 5.74) is 1.44. The van der Waals surface area contributed by atoms with Gasteiger partial charge in [0.25, 0.3) is 5.91 Å². The van der Waals surface area contributed by atoms with Crippen LogP contribution in [0.15, 0.2) is 71.6 Å². The molecule has 0 saturated carbocycles. The van der Waals surface area contributed by atoms with Crippen LogP contribution in [0.4, 0.5) is 0 Å². The lowest BCUT2D eigenvalue weighted by molar-refractivity contribution is 0.0940. The number of sulfonamides is 1. The summed E-state index contributed by atoms with van der Waals surface area (Å²) in [5.74, 6) is -0.251. The minimum Gasteiger partial charge on any atom is -0.345 e. The second kappa shape index (κ2) is 7.27. The predicted octanol–water partition coefficient (Wildman–Crippen LogP) is 3.24. The van der Waals surface area contributed by atoms with E-state index >= 15 is 0 Å². The fourth-order valence-electron chi connectivity index (χ4n) is 2.89. The Labute approximate surface area is 153 Å². The van der Waals surface area contributed by atoms with Gasteiger partial charge < -0.3 is 5.32 Å². The van der Waals surface area contributed by atoms with Gasteiger partial charge in [-0.05, 0) is 54.6 Å². The van der Waals surface area contributed by atoms with Crippen LogP contribution in [0, 0.1) is 0 Å². The summed E-state index contributed by atoms with van der Waals surface area (Å²) >= 11 is 0. The summed E-state index contributed by atoms with van der Waals surface area (Å²) in [6.45, 7) is 1.93. The van der Waals surface area contributed by atoms with E-state index < -0.39 is 10.0 Å². The summed E-state index contributed by atoms with van der Waals surface area (Å²) < 4.78 is 25.8. The Hall–Kier alpha value is -2.70. The van der Waals surface area contributed by atoms with Crippen molar-refractivity contribution in [2.75, 3.05) is 7.05 Å². The third-order valence-electron chi connectivity index (χ3n) is 4.33. The van der Waals surface area contributed by atoms with Gasteiger partial charge in [0.2, 0.25) is 10.0 Å². The van der Waals surface area contributed by atoms with Gasteiger partial charge in [0.05, 0.1) is 10.9 Å². The fraction of sp³-hybridized carbons (Fsp3) is 0.150. The van der Waals surface area contributed by atoms with Crippen molar-refractivity contribution < 1.29 is 13.2 Å². The molecule has 134 valence electrons. The molecule has 0 aliphatic carbocycles. The number of hydrogen-bond donors (Lipinski definition) is 2. The molecule has 1 amide bonds. The third kappa shape index (κ3) is 3.61. The molecule has 5 nitrogen and oxygen atoms in total. The second-order valence-corrected chi connectivity index (χ2v) is 7.88. The number of nitrogens with one attached hydrogen (secondary N) is 2. The monoisotopic (exact) mass is 368 g/mol. The van der Waals surface area contributed by atoms with E-state index in [2.05, 4.69) is 10.0 Å². The predicted molar refractivity (Wildman–Crippen MR) is 103 cm³/mol. The van der Waals surface area contributed by atoms with Crippen molar-refractivity contribution in [1.82, 2.24) is 10.0 Å². The van der Waals surface area contributed by atoms with Crippen LogP contribution < -0.4 is 10.0 Å². The number of rotatable bonds is 5. The van der Waals surface area contributed by atoms with Crippen molar-refractivity contribution in [3.05, 3.63) is 77.9 Å². The Kier molecular flexibility index (Phi) is 5.06. The Morgan fingerprint density at radius 1 is 0.923 bits per heavy atom. The average Bonchev–Trinajstić information content (AvgIpc) is 2.67. The van der Waals surface area contributed by atoms with Crippen LogP contribution in [-0.2, 0) is 10.0 Å². The van der Waals surface area contributed by atoms with Crippen molar-refractivity contribution in [3.8, 4) is 0 Å².